The molecule has 0 spiro atoms. The Morgan fingerprint density at radius 3 is 2.38 bits per heavy atom. The number of hydrogen-bond donors (Lipinski definition) is 1. The molecule has 0 fully saturated rings. The normalized spacial score (nSPS) is 13.2. The van der Waals surface area contributed by atoms with Crippen LogP contribution < -0.4 is 9.62 Å². The van der Waals surface area contributed by atoms with Crippen molar-refractivity contribution in [1.29, 1.82) is 0 Å². The number of anilines is 2. The number of benzene rings is 3. The van der Waals surface area contributed by atoms with Gasteiger partial charge >= 0.3 is 0 Å². The minimum Gasteiger partial charge on any atom is -0.322 e. The predicted octanol–water partition coefficient (Wildman–Crippen LogP) is 4.14. The quantitative estimate of drug-likeness (QED) is 0.703. The molecule has 0 saturated heterocycles. The number of sulfonamides is 1. The molecule has 148 valence electrons. The standard InChI is InChI=1S/C22H19FN2O3S/c1-15-2-9-20(10-3-15)29(27,28)25-13-12-16-14-17(4-11-21(16)25)22(26)24-19-7-5-18(23)6-8-19/h2-11,14H,12-13H2,1H3,(H,24,26). The lowest BCUT2D eigenvalue weighted by atomic mass is 10.1. The third-order valence-electron chi connectivity index (χ3n) is 4.91. The molecule has 1 N–H and O–H groups in total. The van der Waals surface area contributed by atoms with E-state index in [1.165, 1.54) is 28.6 Å². The van der Waals surface area contributed by atoms with E-state index in [0.717, 1.165) is 11.1 Å². The van der Waals surface area contributed by atoms with Gasteiger partial charge in [-0.05, 0) is 73.5 Å². The Balaban J connectivity index is 1.58. The van der Waals surface area contributed by atoms with Gasteiger partial charge in [0.05, 0.1) is 10.6 Å². The molecule has 1 heterocycles. The molecule has 5 nitrogen and oxygen atoms in total. The second kappa shape index (κ2) is 7.33. The van der Waals surface area contributed by atoms with E-state index in [9.17, 15) is 17.6 Å². The molecule has 29 heavy (non-hydrogen) atoms. The summed E-state index contributed by atoms with van der Waals surface area (Å²) in [6, 6.07) is 17.2. The largest absolute Gasteiger partial charge is 0.322 e. The van der Waals surface area contributed by atoms with Crippen LogP contribution in [0.1, 0.15) is 21.5 Å². The summed E-state index contributed by atoms with van der Waals surface area (Å²) in [5.74, 6) is -0.713. The third kappa shape index (κ3) is 3.73. The van der Waals surface area contributed by atoms with Gasteiger partial charge in [-0.2, -0.15) is 0 Å². The predicted molar refractivity (Wildman–Crippen MR) is 110 cm³/mol. The average Bonchev–Trinajstić information content (AvgIpc) is 3.14. The van der Waals surface area contributed by atoms with Crippen molar-refractivity contribution in [2.24, 2.45) is 0 Å². The zero-order valence-electron chi connectivity index (χ0n) is 15.7. The van der Waals surface area contributed by atoms with Gasteiger partial charge < -0.3 is 5.32 Å². The first-order chi connectivity index (χ1) is 13.8. The van der Waals surface area contributed by atoms with E-state index in [-0.39, 0.29) is 16.6 Å². The van der Waals surface area contributed by atoms with E-state index < -0.39 is 10.0 Å². The highest BCUT2D eigenvalue weighted by molar-refractivity contribution is 7.92. The first-order valence-corrected chi connectivity index (χ1v) is 10.6. The van der Waals surface area contributed by atoms with Gasteiger partial charge in [-0.25, -0.2) is 12.8 Å². The molecule has 1 amide bonds. The number of amides is 1. The van der Waals surface area contributed by atoms with E-state index in [4.69, 9.17) is 0 Å². The Labute approximate surface area is 168 Å². The maximum Gasteiger partial charge on any atom is 0.264 e. The van der Waals surface area contributed by atoms with Gasteiger partial charge in [0.1, 0.15) is 5.82 Å². The molecule has 0 radical (unpaired) electrons. The van der Waals surface area contributed by atoms with Crippen LogP contribution >= 0.6 is 0 Å². The maximum absolute atomic E-state index is 13.0. The summed E-state index contributed by atoms with van der Waals surface area (Å²) < 4.78 is 40.4. The Morgan fingerprint density at radius 2 is 1.69 bits per heavy atom. The van der Waals surface area contributed by atoms with Gasteiger partial charge in [0.2, 0.25) is 0 Å². The molecule has 1 aliphatic rings. The number of aryl methyl sites for hydroxylation is 1. The zero-order chi connectivity index (χ0) is 20.6. The summed E-state index contributed by atoms with van der Waals surface area (Å²) in [5, 5.41) is 2.71. The van der Waals surface area contributed by atoms with Crippen LogP contribution in [-0.4, -0.2) is 20.9 Å². The number of carbonyl (C=O) groups excluding carboxylic acids is 1. The van der Waals surface area contributed by atoms with Crippen molar-refractivity contribution in [3.05, 3.63) is 89.2 Å². The summed E-state index contributed by atoms with van der Waals surface area (Å²) in [7, 11) is -3.66. The van der Waals surface area contributed by atoms with Crippen LogP contribution in [0.5, 0.6) is 0 Å². The fourth-order valence-electron chi connectivity index (χ4n) is 3.34. The molecule has 0 aromatic heterocycles. The summed E-state index contributed by atoms with van der Waals surface area (Å²) in [4.78, 5) is 12.7. The molecule has 3 aromatic rings. The molecule has 0 atom stereocenters. The highest BCUT2D eigenvalue weighted by Crippen LogP contribution is 2.33. The Morgan fingerprint density at radius 1 is 1.00 bits per heavy atom. The lowest BCUT2D eigenvalue weighted by Crippen LogP contribution is -2.29. The number of carbonyl (C=O) groups is 1. The molecule has 3 aromatic carbocycles. The van der Waals surface area contributed by atoms with Gasteiger partial charge in [0.25, 0.3) is 15.9 Å². The summed E-state index contributed by atoms with van der Waals surface area (Å²) in [6.07, 6.45) is 0.526. The fraction of sp³-hybridized carbons (Fsp3) is 0.136. The van der Waals surface area contributed by atoms with E-state index in [1.807, 2.05) is 6.92 Å². The van der Waals surface area contributed by atoms with E-state index in [0.29, 0.717) is 29.9 Å². The molecule has 7 heteroatoms. The number of halogens is 1. The maximum atomic E-state index is 13.0. The average molecular weight is 410 g/mol. The van der Waals surface area contributed by atoms with Crippen molar-refractivity contribution in [2.75, 3.05) is 16.2 Å². The van der Waals surface area contributed by atoms with Gasteiger partial charge in [-0.3, -0.25) is 9.10 Å². The van der Waals surface area contributed by atoms with Crippen molar-refractivity contribution < 1.29 is 17.6 Å². The highest BCUT2D eigenvalue weighted by Gasteiger charge is 2.31. The molecular formula is C22H19FN2O3S. The molecule has 1 aliphatic heterocycles. The molecule has 0 bridgehead atoms. The zero-order valence-corrected chi connectivity index (χ0v) is 16.5. The molecule has 0 aliphatic carbocycles. The first kappa shape index (κ1) is 19.1. The monoisotopic (exact) mass is 410 g/mol. The van der Waals surface area contributed by atoms with Crippen molar-refractivity contribution in [2.45, 2.75) is 18.2 Å². The second-order valence-corrected chi connectivity index (χ2v) is 8.81. The topological polar surface area (TPSA) is 66.5 Å². The molecular weight excluding hydrogens is 391 g/mol. The van der Waals surface area contributed by atoms with Crippen LogP contribution in [0.25, 0.3) is 0 Å². The van der Waals surface area contributed by atoms with Crippen molar-refractivity contribution in [1.82, 2.24) is 0 Å². The Kier molecular flexibility index (Phi) is 4.84. The number of rotatable bonds is 4. The van der Waals surface area contributed by atoms with E-state index >= 15 is 0 Å². The molecule has 0 unspecified atom stereocenters. The minimum atomic E-state index is -3.66. The Bertz CT molecular complexity index is 1170. The SMILES string of the molecule is Cc1ccc(S(=O)(=O)N2CCc3cc(C(=O)Nc4ccc(F)cc4)ccc32)cc1. The number of hydrogen-bond acceptors (Lipinski definition) is 3. The van der Waals surface area contributed by atoms with Crippen molar-refractivity contribution >= 4 is 27.3 Å². The van der Waals surface area contributed by atoms with E-state index in [2.05, 4.69) is 5.32 Å². The van der Waals surface area contributed by atoms with E-state index in [1.54, 1.807) is 42.5 Å². The van der Waals surface area contributed by atoms with Crippen LogP contribution in [0.15, 0.2) is 71.6 Å². The van der Waals surface area contributed by atoms with Gasteiger partial charge in [-0.1, -0.05) is 17.7 Å². The van der Waals surface area contributed by atoms with Crippen LogP contribution in [-0.2, 0) is 16.4 Å². The minimum absolute atomic E-state index is 0.245. The summed E-state index contributed by atoms with van der Waals surface area (Å²) in [5.41, 5.74) is 3.28. The summed E-state index contributed by atoms with van der Waals surface area (Å²) in [6.45, 7) is 2.23. The van der Waals surface area contributed by atoms with Crippen LogP contribution in [0, 0.1) is 12.7 Å². The second-order valence-electron chi connectivity index (χ2n) is 6.94. The van der Waals surface area contributed by atoms with Crippen LogP contribution in [0.4, 0.5) is 15.8 Å². The Hall–Kier alpha value is -3.19. The van der Waals surface area contributed by atoms with Gasteiger partial charge in [-0.15, -0.1) is 0 Å². The third-order valence-corrected chi connectivity index (χ3v) is 6.73. The summed E-state index contributed by atoms with van der Waals surface area (Å²) >= 11 is 0. The fourth-order valence-corrected chi connectivity index (χ4v) is 4.84. The number of nitrogens with zero attached hydrogens (tertiary/aromatic N) is 1. The first-order valence-electron chi connectivity index (χ1n) is 9.14. The van der Waals surface area contributed by atoms with Crippen molar-refractivity contribution in [3.8, 4) is 0 Å². The highest BCUT2D eigenvalue weighted by atomic mass is 32.2. The van der Waals surface area contributed by atoms with Crippen molar-refractivity contribution in [3.63, 3.8) is 0 Å². The van der Waals surface area contributed by atoms with Gasteiger partial charge in [0.15, 0.2) is 0 Å². The molecule has 0 saturated carbocycles. The molecule has 4 rings (SSSR count). The van der Waals surface area contributed by atoms with Crippen LogP contribution in [0.3, 0.4) is 0 Å². The van der Waals surface area contributed by atoms with Gasteiger partial charge in [0, 0.05) is 17.8 Å². The lowest BCUT2D eigenvalue weighted by Gasteiger charge is -2.20. The van der Waals surface area contributed by atoms with Crippen LogP contribution in [0.2, 0.25) is 0 Å². The smallest absolute Gasteiger partial charge is 0.264 e. The number of nitrogens with one attached hydrogen (secondary N) is 1. The number of fused-ring (bicyclic) bond motifs is 1. The lowest BCUT2D eigenvalue weighted by molar-refractivity contribution is 0.102.